The highest BCUT2D eigenvalue weighted by Crippen LogP contribution is 2.35. The van der Waals surface area contributed by atoms with E-state index in [1.54, 1.807) is 36.4 Å². The van der Waals surface area contributed by atoms with E-state index in [2.05, 4.69) is 10.3 Å². The van der Waals surface area contributed by atoms with Gasteiger partial charge >= 0.3 is 0 Å². The van der Waals surface area contributed by atoms with Gasteiger partial charge in [-0.15, -0.1) is 0 Å². The van der Waals surface area contributed by atoms with Crippen LogP contribution in [0.4, 0.5) is 4.39 Å². The van der Waals surface area contributed by atoms with Crippen molar-refractivity contribution in [3.05, 3.63) is 65.2 Å². The summed E-state index contributed by atoms with van der Waals surface area (Å²) < 4.78 is 19.3. The molecule has 1 aromatic rings. The van der Waals surface area contributed by atoms with Gasteiger partial charge in [0.05, 0.1) is 12.6 Å². The lowest BCUT2D eigenvalue weighted by atomic mass is 9.88. The Kier molecular flexibility index (Phi) is 5.70. The minimum absolute atomic E-state index is 0.0136. The molecule has 5 nitrogen and oxygen atoms in total. The van der Waals surface area contributed by atoms with Gasteiger partial charge in [0, 0.05) is 23.4 Å². The zero-order valence-corrected chi connectivity index (χ0v) is 16.1. The Labute approximate surface area is 162 Å². The van der Waals surface area contributed by atoms with Gasteiger partial charge < -0.3 is 15.8 Å². The van der Waals surface area contributed by atoms with Gasteiger partial charge in [-0.05, 0) is 49.3 Å². The maximum Gasteiger partial charge on any atom is 0.255 e. The molecule has 1 atom stereocenters. The number of nitrogens with two attached hydrogens (primary N) is 1. The Bertz CT molecular complexity index is 876. The van der Waals surface area contributed by atoms with Crippen LogP contribution in [0, 0.1) is 0 Å². The molecule has 0 saturated heterocycles. The van der Waals surface area contributed by atoms with Gasteiger partial charge in [0.1, 0.15) is 11.6 Å². The smallest absolute Gasteiger partial charge is 0.255 e. The minimum Gasteiger partial charge on any atom is -0.497 e. The molecule has 0 spiro atoms. The number of halogens is 1. The summed E-state index contributed by atoms with van der Waals surface area (Å²) in [5, 5.41) is 3.34. The fourth-order valence-corrected chi connectivity index (χ4v) is 3.97. The number of allylic oxidation sites excluding steroid dienone is 3. The number of carbonyl (C=O) groups is 1. The van der Waals surface area contributed by atoms with E-state index in [0.29, 0.717) is 22.2 Å². The molecule has 1 amide bonds. The molecule has 1 aromatic carbocycles. The van der Waals surface area contributed by atoms with Gasteiger partial charge in [0.2, 0.25) is 0 Å². The van der Waals surface area contributed by atoms with E-state index < -0.39 is 5.54 Å². The second-order valence-electron chi connectivity index (χ2n) is 6.59. The van der Waals surface area contributed by atoms with Crippen molar-refractivity contribution in [3.8, 4) is 5.75 Å². The van der Waals surface area contributed by atoms with Crippen LogP contribution in [0.5, 0.6) is 5.75 Å². The molecule has 1 heterocycles. The lowest BCUT2D eigenvalue weighted by molar-refractivity contribution is 0.0964. The van der Waals surface area contributed by atoms with E-state index >= 15 is 0 Å². The molecule has 2 aliphatic rings. The van der Waals surface area contributed by atoms with Crippen LogP contribution < -0.4 is 15.8 Å². The summed E-state index contributed by atoms with van der Waals surface area (Å²) >= 11 is 1.51. The molecule has 1 unspecified atom stereocenters. The van der Waals surface area contributed by atoms with E-state index in [4.69, 9.17) is 10.5 Å². The zero-order valence-electron chi connectivity index (χ0n) is 15.3. The lowest BCUT2D eigenvalue weighted by Crippen LogP contribution is -2.33. The molecule has 0 saturated carbocycles. The standard InChI is InChI=1S/C20H22FN3O2S/c1-20(8-9-27-19(22)24-20)14-6-7-15(21)12-16(11-14)23-18(25)13-4-3-5-17(10-13)26-2/h3-7,10-11H,8-9,12H2,1-2H3,(H2,22,24)(H,23,25). The third kappa shape index (κ3) is 4.60. The Balaban J connectivity index is 1.87. The van der Waals surface area contributed by atoms with Crippen molar-refractivity contribution in [2.24, 2.45) is 10.7 Å². The molecule has 0 radical (unpaired) electrons. The first-order valence-electron chi connectivity index (χ1n) is 8.60. The number of ether oxygens (including phenoxy) is 1. The van der Waals surface area contributed by atoms with E-state index in [9.17, 15) is 9.18 Å². The number of aliphatic imine (C=N–C) groups is 1. The van der Waals surface area contributed by atoms with Crippen LogP contribution in [0.1, 0.15) is 30.1 Å². The molecule has 3 N–H and O–H groups in total. The number of amides is 1. The molecule has 0 aromatic heterocycles. The molecule has 1 aliphatic heterocycles. The van der Waals surface area contributed by atoms with Gasteiger partial charge in [-0.3, -0.25) is 9.79 Å². The third-order valence-electron chi connectivity index (χ3n) is 4.56. The molecular weight excluding hydrogens is 365 g/mol. The van der Waals surface area contributed by atoms with E-state index in [1.807, 2.05) is 6.92 Å². The number of hydrogen-bond acceptors (Lipinski definition) is 5. The van der Waals surface area contributed by atoms with Crippen LogP contribution in [-0.2, 0) is 0 Å². The average molecular weight is 387 g/mol. The topological polar surface area (TPSA) is 76.7 Å². The van der Waals surface area contributed by atoms with Crippen molar-refractivity contribution in [3.63, 3.8) is 0 Å². The van der Waals surface area contributed by atoms with Crippen LogP contribution in [0.3, 0.4) is 0 Å². The van der Waals surface area contributed by atoms with Gasteiger partial charge in [-0.25, -0.2) is 4.39 Å². The number of nitrogens with zero attached hydrogens (tertiary/aromatic N) is 1. The Morgan fingerprint density at radius 3 is 2.96 bits per heavy atom. The summed E-state index contributed by atoms with van der Waals surface area (Å²) in [6, 6.07) is 6.82. The fraction of sp³-hybridized carbons (Fsp3) is 0.300. The molecule has 3 rings (SSSR count). The van der Waals surface area contributed by atoms with E-state index in [-0.39, 0.29) is 18.2 Å². The highest BCUT2D eigenvalue weighted by molar-refractivity contribution is 8.13. The molecule has 142 valence electrons. The summed E-state index contributed by atoms with van der Waals surface area (Å²) in [6.45, 7) is 1.97. The number of carbonyl (C=O) groups excluding carboxylic acids is 1. The molecule has 27 heavy (non-hydrogen) atoms. The highest BCUT2D eigenvalue weighted by atomic mass is 32.2. The van der Waals surface area contributed by atoms with Crippen LogP contribution in [0.2, 0.25) is 0 Å². The van der Waals surface area contributed by atoms with Gasteiger partial charge in [0.25, 0.3) is 5.91 Å². The van der Waals surface area contributed by atoms with Crippen molar-refractivity contribution >= 4 is 22.8 Å². The summed E-state index contributed by atoms with van der Waals surface area (Å²) in [7, 11) is 1.54. The number of amidine groups is 1. The number of nitrogens with one attached hydrogen (secondary N) is 1. The van der Waals surface area contributed by atoms with Crippen molar-refractivity contribution in [2.75, 3.05) is 12.9 Å². The number of rotatable bonds is 4. The summed E-state index contributed by atoms with van der Waals surface area (Å²) in [4.78, 5) is 17.2. The fourth-order valence-electron chi connectivity index (χ4n) is 3.00. The summed E-state index contributed by atoms with van der Waals surface area (Å²) in [5.41, 5.74) is 7.10. The molecule has 7 heteroatoms. The summed E-state index contributed by atoms with van der Waals surface area (Å²) in [5.74, 6) is 0.782. The molecule has 0 bridgehead atoms. The first-order chi connectivity index (χ1) is 12.9. The third-order valence-corrected chi connectivity index (χ3v) is 5.35. The minimum atomic E-state index is -0.539. The summed E-state index contributed by atoms with van der Waals surface area (Å²) in [6.07, 6.45) is 5.74. The molecular formula is C20H22FN3O2S. The Morgan fingerprint density at radius 2 is 2.22 bits per heavy atom. The Morgan fingerprint density at radius 1 is 1.41 bits per heavy atom. The molecule has 0 fully saturated rings. The normalized spacial score (nSPS) is 22.6. The van der Waals surface area contributed by atoms with Crippen molar-refractivity contribution < 1.29 is 13.9 Å². The number of benzene rings is 1. The Hall–Kier alpha value is -2.54. The lowest BCUT2D eigenvalue weighted by Gasteiger charge is -2.30. The van der Waals surface area contributed by atoms with Crippen LogP contribution in [-0.4, -0.2) is 29.5 Å². The monoisotopic (exact) mass is 387 g/mol. The number of hydrogen-bond donors (Lipinski definition) is 2. The maximum atomic E-state index is 14.1. The average Bonchev–Trinajstić information content (AvgIpc) is 2.83. The predicted octanol–water partition coefficient (Wildman–Crippen LogP) is 3.70. The van der Waals surface area contributed by atoms with E-state index in [1.165, 1.54) is 24.9 Å². The number of thioether (sulfide) groups is 1. The number of methoxy groups -OCH3 is 1. The highest BCUT2D eigenvalue weighted by Gasteiger charge is 2.31. The molecule has 1 aliphatic carbocycles. The van der Waals surface area contributed by atoms with Gasteiger partial charge in [-0.2, -0.15) is 0 Å². The van der Waals surface area contributed by atoms with Gasteiger partial charge in [-0.1, -0.05) is 23.9 Å². The predicted molar refractivity (Wildman–Crippen MR) is 108 cm³/mol. The van der Waals surface area contributed by atoms with Crippen LogP contribution in [0.25, 0.3) is 0 Å². The van der Waals surface area contributed by atoms with E-state index in [0.717, 1.165) is 17.7 Å². The quantitative estimate of drug-likeness (QED) is 0.826. The second-order valence-corrected chi connectivity index (χ2v) is 7.71. The van der Waals surface area contributed by atoms with Crippen molar-refractivity contribution in [1.82, 2.24) is 5.32 Å². The maximum absolute atomic E-state index is 14.1. The largest absolute Gasteiger partial charge is 0.497 e. The first-order valence-corrected chi connectivity index (χ1v) is 9.59. The van der Waals surface area contributed by atoms with Gasteiger partial charge in [0.15, 0.2) is 5.17 Å². The van der Waals surface area contributed by atoms with Crippen LogP contribution >= 0.6 is 11.8 Å². The second kappa shape index (κ2) is 8.00. The zero-order chi connectivity index (χ0) is 19.4. The van der Waals surface area contributed by atoms with Crippen molar-refractivity contribution in [1.29, 1.82) is 0 Å². The van der Waals surface area contributed by atoms with Crippen LogP contribution in [0.15, 0.2) is 64.6 Å². The SMILES string of the molecule is COc1cccc(C(=O)NC2=CC(C3(C)CCSC(N)=N3)=CC=C(F)C2)c1. The van der Waals surface area contributed by atoms with Crippen molar-refractivity contribution in [2.45, 2.75) is 25.3 Å². The first kappa shape index (κ1) is 19.2.